The van der Waals surface area contributed by atoms with Crippen molar-refractivity contribution in [3.8, 4) is 5.75 Å². The molecule has 4 rings (SSSR count). The van der Waals surface area contributed by atoms with Crippen molar-refractivity contribution in [1.82, 2.24) is 9.47 Å². The SMILES string of the molecule is CCOc1ccc([C@@H]2c3cccn3CCN2C(=O)Nc2ccc(Cl)cc2)cc1. The van der Waals surface area contributed by atoms with Crippen molar-refractivity contribution in [3.63, 3.8) is 0 Å². The van der Waals surface area contributed by atoms with Crippen molar-refractivity contribution in [2.24, 2.45) is 0 Å². The minimum Gasteiger partial charge on any atom is -0.494 e. The molecule has 2 amide bonds. The first-order valence-electron chi connectivity index (χ1n) is 9.36. The van der Waals surface area contributed by atoms with Crippen molar-refractivity contribution >= 4 is 23.3 Å². The Labute approximate surface area is 169 Å². The van der Waals surface area contributed by atoms with Crippen LogP contribution in [0.25, 0.3) is 0 Å². The van der Waals surface area contributed by atoms with Gasteiger partial charge in [-0.25, -0.2) is 4.79 Å². The van der Waals surface area contributed by atoms with Crippen LogP contribution in [0.2, 0.25) is 5.02 Å². The Morgan fingerprint density at radius 2 is 1.86 bits per heavy atom. The smallest absolute Gasteiger partial charge is 0.322 e. The van der Waals surface area contributed by atoms with Crippen LogP contribution in [0.15, 0.2) is 66.9 Å². The van der Waals surface area contributed by atoms with Gasteiger partial charge in [-0.3, -0.25) is 0 Å². The maximum absolute atomic E-state index is 13.1. The molecular weight excluding hydrogens is 374 g/mol. The van der Waals surface area contributed by atoms with E-state index in [-0.39, 0.29) is 12.1 Å². The molecule has 0 fully saturated rings. The summed E-state index contributed by atoms with van der Waals surface area (Å²) in [5.41, 5.74) is 2.87. The van der Waals surface area contributed by atoms with Gasteiger partial charge in [0.25, 0.3) is 0 Å². The van der Waals surface area contributed by atoms with Crippen LogP contribution < -0.4 is 10.1 Å². The highest BCUT2D eigenvalue weighted by Crippen LogP contribution is 2.33. The van der Waals surface area contributed by atoms with Crippen LogP contribution in [0.3, 0.4) is 0 Å². The van der Waals surface area contributed by atoms with Crippen molar-refractivity contribution < 1.29 is 9.53 Å². The van der Waals surface area contributed by atoms with Gasteiger partial charge in [-0.2, -0.15) is 0 Å². The number of ether oxygens (including phenoxy) is 1. The molecule has 1 aliphatic heterocycles. The molecule has 1 atom stereocenters. The van der Waals surface area contributed by atoms with Gasteiger partial charge >= 0.3 is 6.03 Å². The minimum atomic E-state index is -0.160. The molecule has 3 aromatic rings. The Morgan fingerprint density at radius 1 is 1.11 bits per heavy atom. The number of amides is 2. The molecular formula is C22H22ClN3O2. The highest BCUT2D eigenvalue weighted by Gasteiger charge is 2.32. The molecule has 28 heavy (non-hydrogen) atoms. The topological polar surface area (TPSA) is 46.5 Å². The number of halogens is 1. The maximum Gasteiger partial charge on any atom is 0.322 e. The van der Waals surface area contributed by atoms with Gasteiger partial charge in [-0.05, 0) is 61.0 Å². The number of nitrogens with one attached hydrogen (secondary N) is 1. The van der Waals surface area contributed by atoms with Crippen molar-refractivity contribution in [2.45, 2.75) is 19.5 Å². The lowest BCUT2D eigenvalue weighted by Gasteiger charge is -2.37. The van der Waals surface area contributed by atoms with Gasteiger partial charge in [0.2, 0.25) is 0 Å². The number of hydrogen-bond acceptors (Lipinski definition) is 2. The standard InChI is InChI=1S/C22H22ClN3O2/c1-2-28-19-11-5-16(6-12-19)21-20-4-3-13-25(20)14-15-26(21)22(27)24-18-9-7-17(23)8-10-18/h3-13,21H,2,14-15H2,1H3,(H,24,27)/t21-/m1/s1. The van der Waals surface area contributed by atoms with E-state index < -0.39 is 0 Å². The zero-order valence-corrected chi connectivity index (χ0v) is 16.4. The molecule has 2 aromatic carbocycles. The van der Waals surface area contributed by atoms with E-state index in [1.54, 1.807) is 24.3 Å². The lowest BCUT2D eigenvalue weighted by Crippen LogP contribution is -2.44. The number of hydrogen-bond donors (Lipinski definition) is 1. The highest BCUT2D eigenvalue weighted by molar-refractivity contribution is 6.30. The molecule has 0 radical (unpaired) electrons. The van der Waals surface area contributed by atoms with Crippen LogP contribution >= 0.6 is 11.6 Å². The summed E-state index contributed by atoms with van der Waals surface area (Å²) in [5, 5.41) is 3.63. The molecule has 1 aromatic heterocycles. The summed E-state index contributed by atoms with van der Waals surface area (Å²) in [6.07, 6.45) is 2.06. The predicted molar refractivity (Wildman–Crippen MR) is 111 cm³/mol. The third kappa shape index (κ3) is 3.71. The van der Waals surface area contributed by atoms with Gasteiger partial charge in [0, 0.05) is 35.7 Å². The first kappa shape index (κ1) is 18.4. The molecule has 0 aliphatic carbocycles. The number of rotatable bonds is 4. The fraction of sp³-hybridized carbons (Fsp3) is 0.227. The Kier molecular flexibility index (Phi) is 5.26. The first-order valence-corrected chi connectivity index (χ1v) is 9.74. The summed E-state index contributed by atoms with van der Waals surface area (Å²) in [7, 11) is 0. The molecule has 1 aliphatic rings. The van der Waals surface area contributed by atoms with Gasteiger partial charge < -0.3 is 19.5 Å². The second-order valence-corrected chi connectivity index (χ2v) is 7.10. The molecule has 5 nitrogen and oxygen atoms in total. The van der Waals surface area contributed by atoms with Crippen molar-refractivity contribution in [2.75, 3.05) is 18.5 Å². The summed E-state index contributed by atoms with van der Waals surface area (Å²) < 4.78 is 7.76. The average Bonchev–Trinajstić information content (AvgIpc) is 3.19. The van der Waals surface area contributed by atoms with Crippen LogP contribution in [0.1, 0.15) is 24.2 Å². The van der Waals surface area contributed by atoms with Gasteiger partial charge in [-0.15, -0.1) is 0 Å². The van der Waals surface area contributed by atoms with E-state index in [0.717, 1.165) is 29.2 Å². The molecule has 144 valence electrons. The molecule has 0 unspecified atom stereocenters. The number of nitrogens with zero attached hydrogens (tertiary/aromatic N) is 2. The quantitative estimate of drug-likeness (QED) is 0.661. The fourth-order valence-corrected chi connectivity index (χ4v) is 3.72. The first-order chi connectivity index (χ1) is 13.7. The van der Waals surface area contributed by atoms with E-state index in [4.69, 9.17) is 16.3 Å². The maximum atomic E-state index is 13.1. The number of anilines is 1. The predicted octanol–water partition coefficient (Wildman–Crippen LogP) is 5.18. The van der Waals surface area contributed by atoms with Crippen LogP contribution in [0.4, 0.5) is 10.5 Å². The minimum absolute atomic E-state index is 0.131. The largest absolute Gasteiger partial charge is 0.494 e. The second-order valence-electron chi connectivity index (χ2n) is 6.66. The number of carbonyl (C=O) groups is 1. The molecule has 0 saturated carbocycles. The zero-order chi connectivity index (χ0) is 19.5. The van der Waals surface area contributed by atoms with Gasteiger partial charge in [0.1, 0.15) is 5.75 Å². The van der Waals surface area contributed by atoms with Crippen LogP contribution in [0, 0.1) is 0 Å². The van der Waals surface area contributed by atoms with E-state index in [9.17, 15) is 4.79 Å². The van der Waals surface area contributed by atoms with E-state index in [0.29, 0.717) is 18.2 Å². The summed E-state index contributed by atoms with van der Waals surface area (Å²) in [4.78, 5) is 15.0. The zero-order valence-electron chi connectivity index (χ0n) is 15.6. The van der Waals surface area contributed by atoms with E-state index >= 15 is 0 Å². The number of carbonyl (C=O) groups excluding carboxylic acids is 1. The number of urea groups is 1. The summed E-state index contributed by atoms with van der Waals surface area (Å²) in [6.45, 7) is 3.98. The number of fused-ring (bicyclic) bond motifs is 1. The molecule has 0 saturated heterocycles. The summed E-state index contributed by atoms with van der Waals surface area (Å²) >= 11 is 5.94. The third-order valence-electron chi connectivity index (χ3n) is 4.90. The van der Waals surface area contributed by atoms with Crippen LogP contribution in [-0.4, -0.2) is 28.6 Å². The lowest BCUT2D eigenvalue weighted by molar-refractivity contribution is 0.182. The van der Waals surface area contributed by atoms with Crippen molar-refractivity contribution in [3.05, 3.63) is 83.1 Å². The fourth-order valence-electron chi connectivity index (χ4n) is 3.59. The van der Waals surface area contributed by atoms with Crippen LogP contribution in [0.5, 0.6) is 5.75 Å². The average molecular weight is 396 g/mol. The Hall–Kier alpha value is -2.92. The molecule has 6 heteroatoms. The monoisotopic (exact) mass is 395 g/mol. The van der Waals surface area contributed by atoms with E-state index in [1.807, 2.05) is 42.2 Å². The molecule has 0 spiro atoms. The van der Waals surface area contributed by atoms with E-state index in [1.165, 1.54) is 0 Å². The third-order valence-corrected chi connectivity index (χ3v) is 5.15. The highest BCUT2D eigenvalue weighted by atomic mass is 35.5. The number of benzene rings is 2. The van der Waals surface area contributed by atoms with Crippen LogP contribution in [-0.2, 0) is 6.54 Å². The normalized spacial score (nSPS) is 15.8. The van der Waals surface area contributed by atoms with Crippen molar-refractivity contribution in [1.29, 1.82) is 0 Å². The second kappa shape index (κ2) is 7.98. The Bertz CT molecular complexity index is 951. The Morgan fingerprint density at radius 3 is 2.57 bits per heavy atom. The molecule has 1 N–H and O–H groups in total. The summed E-state index contributed by atoms with van der Waals surface area (Å²) in [5.74, 6) is 0.828. The van der Waals surface area contributed by atoms with Gasteiger partial charge in [0.15, 0.2) is 0 Å². The number of aromatic nitrogens is 1. The van der Waals surface area contributed by atoms with E-state index in [2.05, 4.69) is 22.1 Å². The van der Waals surface area contributed by atoms with Gasteiger partial charge in [-0.1, -0.05) is 23.7 Å². The van der Waals surface area contributed by atoms with Gasteiger partial charge in [0.05, 0.1) is 12.6 Å². The molecule has 0 bridgehead atoms. The molecule has 2 heterocycles. The lowest BCUT2D eigenvalue weighted by atomic mass is 10.00. The Balaban J connectivity index is 1.63. The summed E-state index contributed by atoms with van der Waals surface area (Å²) in [6, 6.07) is 18.9.